The third kappa shape index (κ3) is 4.30. The number of rotatable bonds is 4. The minimum Gasteiger partial charge on any atom is -0.297 e. The van der Waals surface area contributed by atoms with Crippen LogP contribution in [0.1, 0.15) is 30.5 Å². The van der Waals surface area contributed by atoms with Crippen molar-refractivity contribution in [2.24, 2.45) is 0 Å². The molecule has 0 radical (unpaired) electrons. The molecule has 0 aliphatic carbocycles. The molecule has 2 aromatic rings. The van der Waals surface area contributed by atoms with Gasteiger partial charge in [-0.15, -0.1) is 0 Å². The molecule has 0 saturated heterocycles. The minimum atomic E-state index is -4.77. The number of Topliss-reactive ketones (excluding diaryl/α,β-unsaturated/α-hetero) is 1. The van der Waals surface area contributed by atoms with Crippen molar-refractivity contribution in [3.63, 3.8) is 0 Å². The average Bonchev–Trinajstić information content (AvgIpc) is 3.05. The first-order chi connectivity index (χ1) is 12.3. The second-order valence-electron chi connectivity index (χ2n) is 6.29. The zero-order valence-electron chi connectivity index (χ0n) is 14.1. The van der Waals surface area contributed by atoms with Gasteiger partial charge < -0.3 is 0 Å². The number of ketones is 1. The third-order valence-corrected chi connectivity index (χ3v) is 4.02. The first-order valence-corrected chi connectivity index (χ1v) is 7.50. The van der Waals surface area contributed by atoms with Gasteiger partial charge >= 0.3 is 12.4 Å². The van der Waals surface area contributed by atoms with Gasteiger partial charge in [0.2, 0.25) is 0 Å². The van der Waals surface area contributed by atoms with Crippen molar-refractivity contribution in [1.82, 2.24) is 9.78 Å². The molecule has 144 valence electrons. The average molecular weight is 389 g/mol. The molecule has 0 spiro atoms. The summed E-state index contributed by atoms with van der Waals surface area (Å²) < 4.78 is 78.0. The highest BCUT2D eigenvalue weighted by Gasteiger charge is 2.37. The van der Waals surface area contributed by atoms with Gasteiger partial charge in [-0.1, -0.05) is 18.2 Å². The molecule has 0 aliphatic rings. The Balaban J connectivity index is 2.31. The normalized spacial score (nSPS) is 12.7. The number of benzene rings is 1. The van der Waals surface area contributed by atoms with E-state index in [0.29, 0.717) is 18.5 Å². The highest BCUT2D eigenvalue weighted by Crippen LogP contribution is 2.37. The predicted octanol–water partition coefficient (Wildman–Crippen LogP) is 5.02. The van der Waals surface area contributed by atoms with Crippen LogP contribution in [0.3, 0.4) is 0 Å². The smallest absolute Gasteiger partial charge is 0.297 e. The minimum absolute atomic E-state index is 0.00370. The maximum Gasteiger partial charge on any atom is 0.419 e. The zero-order valence-corrected chi connectivity index (χ0v) is 14.1. The zero-order chi connectivity index (χ0) is 20.6. The maximum atomic E-state index is 13.0. The van der Waals surface area contributed by atoms with Crippen LogP contribution in [0, 0.1) is 6.57 Å². The van der Waals surface area contributed by atoms with Crippen molar-refractivity contribution in [1.29, 1.82) is 0 Å². The van der Waals surface area contributed by atoms with E-state index in [1.807, 2.05) is 0 Å². The Morgan fingerprint density at radius 1 is 1.15 bits per heavy atom. The summed E-state index contributed by atoms with van der Waals surface area (Å²) in [7, 11) is 0. The van der Waals surface area contributed by atoms with E-state index in [-0.39, 0.29) is 5.56 Å². The summed E-state index contributed by atoms with van der Waals surface area (Å²) in [5, 5.41) is 3.56. The lowest BCUT2D eigenvalue weighted by Gasteiger charge is -2.24. The van der Waals surface area contributed by atoms with E-state index in [4.69, 9.17) is 6.57 Å². The number of carbonyl (C=O) groups excluding carboxylic acids is 1. The molecule has 1 aromatic heterocycles. The van der Waals surface area contributed by atoms with Crippen molar-refractivity contribution in [2.75, 3.05) is 0 Å². The van der Waals surface area contributed by atoms with Crippen LogP contribution >= 0.6 is 0 Å². The first-order valence-electron chi connectivity index (χ1n) is 7.50. The first kappa shape index (κ1) is 20.5. The molecule has 1 aromatic carbocycles. The molecule has 27 heavy (non-hydrogen) atoms. The summed E-state index contributed by atoms with van der Waals surface area (Å²) >= 11 is 0. The summed E-state index contributed by atoms with van der Waals surface area (Å²) in [6, 6.07) is 2.87. The quantitative estimate of drug-likeness (QED) is 0.544. The Labute approximate surface area is 150 Å². The summed E-state index contributed by atoms with van der Waals surface area (Å²) in [5.74, 6) is -0.636. The Kier molecular flexibility index (Phi) is 5.10. The highest BCUT2D eigenvalue weighted by atomic mass is 19.4. The largest absolute Gasteiger partial charge is 0.419 e. The molecular formula is C17H13F6N3O. The van der Waals surface area contributed by atoms with E-state index >= 15 is 0 Å². The fourth-order valence-electron chi connectivity index (χ4n) is 2.32. The third-order valence-electron chi connectivity index (χ3n) is 4.02. The molecule has 0 saturated carbocycles. The molecule has 0 aliphatic heterocycles. The van der Waals surface area contributed by atoms with E-state index in [0.717, 1.165) is 10.7 Å². The van der Waals surface area contributed by atoms with E-state index < -0.39 is 46.9 Å². The maximum absolute atomic E-state index is 13.0. The molecule has 0 bridgehead atoms. The molecule has 0 atom stereocenters. The van der Waals surface area contributed by atoms with Gasteiger partial charge in [-0.05, 0) is 19.4 Å². The lowest BCUT2D eigenvalue weighted by molar-refractivity contribution is -0.138. The monoisotopic (exact) mass is 389 g/mol. The number of aromatic nitrogens is 2. The second-order valence-corrected chi connectivity index (χ2v) is 6.29. The summed E-state index contributed by atoms with van der Waals surface area (Å²) in [4.78, 5) is 15.3. The van der Waals surface area contributed by atoms with Gasteiger partial charge in [-0.2, -0.15) is 31.4 Å². The van der Waals surface area contributed by atoms with Gasteiger partial charge in [0.1, 0.15) is 5.54 Å². The number of halogens is 6. The van der Waals surface area contributed by atoms with Crippen molar-refractivity contribution in [3.8, 4) is 0 Å². The van der Waals surface area contributed by atoms with E-state index in [1.165, 1.54) is 19.9 Å². The number of hydrogen-bond donors (Lipinski definition) is 0. The van der Waals surface area contributed by atoms with Crippen LogP contribution in [0.4, 0.5) is 32.0 Å². The van der Waals surface area contributed by atoms with Crippen LogP contribution in [-0.4, -0.2) is 15.6 Å². The Morgan fingerprint density at radius 3 is 2.26 bits per heavy atom. The number of nitrogens with zero attached hydrogens (tertiary/aromatic N) is 3. The molecule has 1 heterocycles. The van der Waals surface area contributed by atoms with Crippen molar-refractivity contribution in [3.05, 3.63) is 58.7 Å². The molecule has 4 nitrogen and oxygen atoms in total. The highest BCUT2D eigenvalue weighted by molar-refractivity contribution is 5.87. The summed E-state index contributed by atoms with van der Waals surface area (Å²) in [6.07, 6.45) is -8.62. The lowest BCUT2D eigenvalue weighted by Crippen LogP contribution is -2.37. The fraction of sp³-hybridized carbons (Fsp3) is 0.353. The number of carbonyl (C=O) groups is 1. The molecule has 0 N–H and O–H groups in total. The van der Waals surface area contributed by atoms with Gasteiger partial charge in [-0.25, -0.2) is 4.85 Å². The molecule has 2 rings (SSSR count). The van der Waals surface area contributed by atoms with E-state index in [2.05, 4.69) is 9.94 Å². The topological polar surface area (TPSA) is 39.2 Å². The van der Waals surface area contributed by atoms with Crippen molar-refractivity contribution >= 4 is 11.5 Å². The Bertz CT molecular complexity index is 903. The van der Waals surface area contributed by atoms with Gasteiger partial charge in [0.05, 0.1) is 23.9 Å². The van der Waals surface area contributed by atoms with Crippen LogP contribution in [0.15, 0.2) is 30.6 Å². The standard InChI is InChI=1S/C17H13F6N3O/c1-15(2,26-9-11(8-25-26)16(18,19)20)14(27)7-10-4-5-13(24-3)12(6-10)17(21,22)23/h4-6,8-9H,7H2,1-2H3. The number of alkyl halides is 6. The van der Waals surface area contributed by atoms with E-state index in [9.17, 15) is 31.1 Å². The molecular weight excluding hydrogens is 376 g/mol. The van der Waals surface area contributed by atoms with Crippen LogP contribution < -0.4 is 0 Å². The van der Waals surface area contributed by atoms with Crippen molar-refractivity contribution in [2.45, 2.75) is 38.2 Å². The van der Waals surface area contributed by atoms with Gasteiger partial charge in [0, 0.05) is 12.6 Å². The Morgan fingerprint density at radius 2 is 1.78 bits per heavy atom. The molecule has 0 amide bonds. The van der Waals surface area contributed by atoms with Crippen LogP contribution in [0.2, 0.25) is 0 Å². The molecule has 0 fully saturated rings. The van der Waals surface area contributed by atoms with Crippen molar-refractivity contribution < 1.29 is 31.1 Å². The van der Waals surface area contributed by atoms with Crippen LogP contribution in [0.5, 0.6) is 0 Å². The van der Waals surface area contributed by atoms with Crippen LogP contribution in [-0.2, 0) is 29.1 Å². The molecule has 0 unspecified atom stereocenters. The molecule has 10 heteroatoms. The van der Waals surface area contributed by atoms with Gasteiger partial charge in [-0.3, -0.25) is 9.48 Å². The fourth-order valence-corrected chi connectivity index (χ4v) is 2.32. The predicted molar refractivity (Wildman–Crippen MR) is 83.0 cm³/mol. The lowest BCUT2D eigenvalue weighted by atomic mass is 9.93. The van der Waals surface area contributed by atoms with Crippen LogP contribution in [0.25, 0.3) is 4.85 Å². The van der Waals surface area contributed by atoms with E-state index in [1.54, 1.807) is 0 Å². The summed E-state index contributed by atoms with van der Waals surface area (Å²) in [6.45, 7) is 9.44. The number of hydrogen-bond acceptors (Lipinski definition) is 2. The Hall–Kier alpha value is -2.83. The van der Waals surface area contributed by atoms with Gasteiger partial charge in [0.25, 0.3) is 0 Å². The second kappa shape index (κ2) is 6.72. The SMILES string of the molecule is [C-]#[N+]c1ccc(CC(=O)C(C)(C)n2cc(C(F)(F)F)cn2)cc1C(F)(F)F. The summed E-state index contributed by atoms with van der Waals surface area (Å²) in [5.41, 5.74) is -4.32. The van der Waals surface area contributed by atoms with Gasteiger partial charge in [0.15, 0.2) is 11.5 Å².